The topological polar surface area (TPSA) is 52.6 Å². The number of methoxy groups -OCH3 is 2. The van der Waals surface area contributed by atoms with E-state index in [4.69, 9.17) is 9.47 Å². The fourth-order valence-corrected chi connectivity index (χ4v) is 5.96. The van der Waals surface area contributed by atoms with E-state index in [2.05, 4.69) is 30.3 Å². The molecule has 178 valence electrons. The van der Waals surface area contributed by atoms with Gasteiger partial charge < -0.3 is 9.47 Å². The molecule has 3 aromatic carbocycles. The largest absolute Gasteiger partial charge is 0.496 e. The Morgan fingerprint density at radius 2 is 1.71 bits per heavy atom. The van der Waals surface area contributed by atoms with Crippen LogP contribution < -0.4 is 4.74 Å². The molecule has 0 aliphatic heterocycles. The molecule has 0 spiro atoms. The summed E-state index contributed by atoms with van der Waals surface area (Å²) in [5, 5.41) is 2.15. The van der Waals surface area contributed by atoms with E-state index in [0.717, 1.165) is 56.4 Å². The first-order chi connectivity index (χ1) is 16.9. The van der Waals surface area contributed by atoms with Gasteiger partial charge in [-0.05, 0) is 66.1 Å². The van der Waals surface area contributed by atoms with Crippen LogP contribution in [-0.4, -0.2) is 26.0 Å². The normalized spacial score (nSPS) is 20.2. The van der Waals surface area contributed by atoms with E-state index >= 15 is 0 Å². The number of benzene rings is 3. The van der Waals surface area contributed by atoms with E-state index in [1.807, 2.05) is 44.2 Å². The van der Waals surface area contributed by atoms with Crippen LogP contribution >= 0.6 is 0 Å². The number of rotatable bonds is 4. The third kappa shape index (κ3) is 3.97. The predicted octanol–water partition coefficient (Wildman–Crippen LogP) is 6.58. The van der Waals surface area contributed by atoms with E-state index in [1.165, 1.54) is 7.11 Å². The van der Waals surface area contributed by atoms with Crippen molar-refractivity contribution in [2.24, 2.45) is 0 Å². The minimum atomic E-state index is -0.414. The molecule has 0 bridgehead atoms. The van der Waals surface area contributed by atoms with Crippen molar-refractivity contribution < 1.29 is 19.1 Å². The first-order valence-electron chi connectivity index (χ1n) is 12.1. The number of allylic oxidation sites excluding steroid dienone is 3. The maximum Gasteiger partial charge on any atom is 0.334 e. The molecule has 2 atom stereocenters. The summed E-state index contributed by atoms with van der Waals surface area (Å²) in [6, 6.07) is 20.5. The van der Waals surface area contributed by atoms with Crippen LogP contribution in [0.2, 0.25) is 0 Å². The Kier molecular flexibility index (Phi) is 6.06. The van der Waals surface area contributed by atoms with Crippen molar-refractivity contribution in [2.75, 3.05) is 14.2 Å². The van der Waals surface area contributed by atoms with E-state index in [9.17, 15) is 9.59 Å². The zero-order valence-corrected chi connectivity index (χ0v) is 20.7. The maximum absolute atomic E-state index is 13.8. The molecule has 2 unspecified atom stereocenters. The molecule has 0 N–H and O–H groups in total. The summed E-state index contributed by atoms with van der Waals surface area (Å²) in [5.41, 5.74) is 6.73. The van der Waals surface area contributed by atoms with Gasteiger partial charge in [-0.15, -0.1) is 0 Å². The summed E-state index contributed by atoms with van der Waals surface area (Å²) in [4.78, 5) is 26.9. The third-order valence-corrected chi connectivity index (χ3v) is 7.55. The summed E-state index contributed by atoms with van der Waals surface area (Å²) in [7, 11) is 3.09. The number of carbonyl (C=O) groups excluding carboxylic acids is 2. The van der Waals surface area contributed by atoms with Crippen LogP contribution in [0, 0.1) is 6.92 Å². The molecule has 0 amide bonds. The van der Waals surface area contributed by atoms with Crippen LogP contribution in [0.25, 0.3) is 10.8 Å². The highest BCUT2D eigenvalue weighted by Gasteiger charge is 2.41. The summed E-state index contributed by atoms with van der Waals surface area (Å²) < 4.78 is 10.6. The number of esters is 1. The number of fused-ring (bicyclic) bond motifs is 1. The molecular weight excluding hydrogens is 436 g/mol. The number of hydrogen-bond acceptors (Lipinski definition) is 4. The molecule has 0 saturated heterocycles. The molecule has 2 aliphatic rings. The Balaban J connectivity index is 1.64. The highest BCUT2D eigenvalue weighted by atomic mass is 16.5. The second-order valence-electron chi connectivity index (χ2n) is 9.64. The van der Waals surface area contributed by atoms with E-state index in [1.54, 1.807) is 7.11 Å². The monoisotopic (exact) mass is 466 g/mol. The van der Waals surface area contributed by atoms with Gasteiger partial charge in [-0.25, -0.2) is 4.79 Å². The minimum Gasteiger partial charge on any atom is -0.496 e. The second kappa shape index (κ2) is 9.18. The second-order valence-corrected chi connectivity index (χ2v) is 9.64. The minimum absolute atomic E-state index is 0.117. The van der Waals surface area contributed by atoms with Gasteiger partial charge in [0.2, 0.25) is 0 Å². The SMILES string of the molecule is COC(=O)C1=C(C)CC2=C(C(=O)CC(c3ccc(OC)c(C)c3)C2)C1c1cccc2ccccc12. The Morgan fingerprint density at radius 3 is 2.46 bits per heavy atom. The van der Waals surface area contributed by atoms with Gasteiger partial charge in [-0.2, -0.15) is 0 Å². The molecule has 0 radical (unpaired) electrons. The summed E-state index contributed by atoms with van der Waals surface area (Å²) in [6.07, 6.45) is 1.86. The molecule has 4 heteroatoms. The van der Waals surface area contributed by atoms with Gasteiger partial charge in [-0.1, -0.05) is 65.7 Å². The van der Waals surface area contributed by atoms with E-state index < -0.39 is 5.92 Å². The predicted molar refractivity (Wildman–Crippen MR) is 138 cm³/mol. The van der Waals surface area contributed by atoms with Crippen LogP contribution in [0.4, 0.5) is 0 Å². The molecule has 0 aromatic heterocycles. The Hall–Kier alpha value is -3.66. The fourth-order valence-electron chi connectivity index (χ4n) is 5.96. The average molecular weight is 467 g/mol. The fraction of sp³-hybridized carbons (Fsp3) is 0.290. The lowest BCUT2D eigenvalue weighted by Crippen LogP contribution is -2.30. The lowest BCUT2D eigenvalue weighted by atomic mass is 9.66. The number of Topliss-reactive ketones (excluding diaryl/α,β-unsaturated/α-hetero) is 1. The molecule has 0 fully saturated rings. The van der Waals surface area contributed by atoms with Crippen molar-refractivity contribution in [1.82, 2.24) is 0 Å². The molecule has 0 heterocycles. The summed E-state index contributed by atoms with van der Waals surface area (Å²) >= 11 is 0. The van der Waals surface area contributed by atoms with Crippen molar-refractivity contribution >= 4 is 22.5 Å². The highest BCUT2D eigenvalue weighted by molar-refractivity contribution is 6.05. The van der Waals surface area contributed by atoms with Crippen LogP contribution in [0.5, 0.6) is 5.75 Å². The van der Waals surface area contributed by atoms with Crippen LogP contribution in [0.3, 0.4) is 0 Å². The van der Waals surface area contributed by atoms with Gasteiger partial charge >= 0.3 is 5.97 Å². The van der Waals surface area contributed by atoms with Crippen LogP contribution in [0.1, 0.15) is 54.7 Å². The quantitative estimate of drug-likeness (QED) is 0.408. The molecule has 4 nitrogen and oxygen atoms in total. The van der Waals surface area contributed by atoms with Crippen LogP contribution in [0.15, 0.2) is 83.0 Å². The van der Waals surface area contributed by atoms with Crippen LogP contribution in [-0.2, 0) is 14.3 Å². The molecular formula is C31H30O4. The Bertz CT molecular complexity index is 1400. The number of ketones is 1. The summed E-state index contributed by atoms with van der Waals surface area (Å²) in [6.45, 7) is 4.03. The van der Waals surface area contributed by atoms with Gasteiger partial charge in [0.05, 0.1) is 14.2 Å². The Morgan fingerprint density at radius 1 is 0.943 bits per heavy atom. The maximum atomic E-state index is 13.8. The number of ether oxygens (including phenoxy) is 2. The summed E-state index contributed by atoms with van der Waals surface area (Å²) in [5.74, 6) is 0.324. The van der Waals surface area contributed by atoms with Gasteiger partial charge in [0, 0.05) is 23.5 Å². The highest BCUT2D eigenvalue weighted by Crippen LogP contribution is 2.50. The first kappa shape index (κ1) is 23.1. The van der Waals surface area contributed by atoms with Crippen molar-refractivity contribution in [3.05, 3.63) is 99.6 Å². The van der Waals surface area contributed by atoms with Gasteiger partial charge in [0.1, 0.15) is 5.75 Å². The van der Waals surface area contributed by atoms with Crippen molar-refractivity contribution in [2.45, 2.75) is 44.9 Å². The van der Waals surface area contributed by atoms with Gasteiger partial charge in [-0.3, -0.25) is 4.79 Å². The third-order valence-electron chi connectivity index (χ3n) is 7.55. The molecule has 3 aromatic rings. The number of aryl methyl sites for hydroxylation is 1. The average Bonchev–Trinajstić information content (AvgIpc) is 2.87. The lowest BCUT2D eigenvalue weighted by Gasteiger charge is -2.36. The molecule has 0 saturated carbocycles. The van der Waals surface area contributed by atoms with Crippen molar-refractivity contribution in [3.63, 3.8) is 0 Å². The van der Waals surface area contributed by atoms with Crippen molar-refractivity contribution in [1.29, 1.82) is 0 Å². The molecule has 2 aliphatic carbocycles. The molecule has 35 heavy (non-hydrogen) atoms. The number of hydrogen-bond donors (Lipinski definition) is 0. The standard InChI is InChI=1S/C31H30O4/c1-18-14-21(12-13-27(18)34-3)22-16-23-15-19(2)28(31(33)35-4)30(29(23)26(32)17-22)25-11-7-9-20-8-5-6-10-24(20)25/h5-14,22,30H,15-17H2,1-4H3. The Labute approximate surface area is 206 Å². The first-order valence-corrected chi connectivity index (χ1v) is 12.1. The van der Waals surface area contributed by atoms with Crippen molar-refractivity contribution in [3.8, 4) is 5.75 Å². The van der Waals surface area contributed by atoms with E-state index in [-0.39, 0.29) is 17.7 Å². The zero-order chi connectivity index (χ0) is 24.7. The lowest BCUT2D eigenvalue weighted by molar-refractivity contribution is -0.136. The smallest absolute Gasteiger partial charge is 0.334 e. The number of carbonyl (C=O) groups is 2. The van der Waals surface area contributed by atoms with Gasteiger partial charge in [0.15, 0.2) is 5.78 Å². The van der Waals surface area contributed by atoms with Gasteiger partial charge in [0.25, 0.3) is 0 Å². The van der Waals surface area contributed by atoms with E-state index in [0.29, 0.717) is 18.4 Å². The zero-order valence-electron chi connectivity index (χ0n) is 20.7. The molecule has 5 rings (SSSR count).